The van der Waals surface area contributed by atoms with Crippen LogP contribution in [0.4, 0.5) is 0 Å². The maximum atomic E-state index is 14.8. The van der Waals surface area contributed by atoms with Crippen LogP contribution in [0.2, 0.25) is 0 Å². The lowest BCUT2D eigenvalue weighted by atomic mass is 9.94. The predicted molar refractivity (Wildman–Crippen MR) is 130 cm³/mol. The van der Waals surface area contributed by atoms with E-state index < -0.39 is 7.14 Å². The van der Waals surface area contributed by atoms with Crippen molar-refractivity contribution in [2.75, 3.05) is 0 Å². The van der Waals surface area contributed by atoms with Crippen LogP contribution in [-0.4, -0.2) is 0 Å². The van der Waals surface area contributed by atoms with Crippen LogP contribution in [0.1, 0.15) is 0 Å². The van der Waals surface area contributed by atoms with Gasteiger partial charge >= 0.3 is 0 Å². The Morgan fingerprint density at radius 2 is 0.833 bits per heavy atom. The molecule has 0 atom stereocenters. The van der Waals surface area contributed by atoms with E-state index in [0.29, 0.717) is 0 Å². The lowest BCUT2D eigenvalue weighted by Crippen LogP contribution is -2.25. The monoisotopic (exact) mass is 402 g/mol. The van der Waals surface area contributed by atoms with Gasteiger partial charge in [0, 0.05) is 15.9 Å². The number of rotatable bonds is 3. The SMILES string of the molecule is O=P(c1ccccc1)(c1ccccc1)c1cc2ccc3cccc4ccc(c1)c2c34. The van der Waals surface area contributed by atoms with E-state index in [1.807, 2.05) is 60.7 Å². The average Bonchev–Trinajstić information content (AvgIpc) is 2.83. The van der Waals surface area contributed by atoms with Crippen molar-refractivity contribution in [3.05, 3.63) is 115 Å². The van der Waals surface area contributed by atoms with Crippen LogP contribution < -0.4 is 15.9 Å². The van der Waals surface area contributed by atoms with Gasteiger partial charge in [-0.2, -0.15) is 0 Å². The zero-order valence-electron chi connectivity index (χ0n) is 16.3. The summed E-state index contributed by atoms with van der Waals surface area (Å²) in [6, 6.07) is 39.1. The van der Waals surface area contributed by atoms with Gasteiger partial charge in [-0.3, -0.25) is 0 Å². The smallest absolute Gasteiger partial charge is 0.171 e. The third kappa shape index (κ3) is 2.46. The van der Waals surface area contributed by atoms with Crippen molar-refractivity contribution < 1.29 is 4.57 Å². The highest BCUT2D eigenvalue weighted by molar-refractivity contribution is 7.85. The van der Waals surface area contributed by atoms with E-state index in [0.717, 1.165) is 26.7 Å². The van der Waals surface area contributed by atoms with E-state index in [-0.39, 0.29) is 0 Å². The molecular weight excluding hydrogens is 383 g/mol. The van der Waals surface area contributed by atoms with Gasteiger partial charge in [0.15, 0.2) is 7.14 Å². The molecule has 6 aromatic carbocycles. The second kappa shape index (κ2) is 6.55. The molecule has 0 saturated heterocycles. The molecule has 0 aromatic heterocycles. The van der Waals surface area contributed by atoms with Crippen molar-refractivity contribution in [1.29, 1.82) is 0 Å². The van der Waals surface area contributed by atoms with E-state index in [2.05, 4.69) is 54.6 Å². The summed E-state index contributed by atoms with van der Waals surface area (Å²) in [5, 5.41) is 9.91. The summed E-state index contributed by atoms with van der Waals surface area (Å²) in [6.45, 7) is 0. The molecule has 0 bridgehead atoms. The molecule has 0 radical (unpaired) electrons. The molecule has 6 aromatic rings. The molecule has 0 amide bonds. The number of benzene rings is 6. The predicted octanol–water partition coefficient (Wildman–Crippen LogP) is 6.22. The zero-order chi connectivity index (χ0) is 20.1. The number of hydrogen-bond donors (Lipinski definition) is 0. The Labute approximate surface area is 175 Å². The maximum Gasteiger partial charge on any atom is 0.171 e. The zero-order valence-corrected chi connectivity index (χ0v) is 17.2. The first-order valence-electron chi connectivity index (χ1n) is 10.1. The molecular formula is C28H19OP. The van der Waals surface area contributed by atoms with Crippen LogP contribution in [0.15, 0.2) is 115 Å². The molecule has 0 aliphatic rings. The molecule has 0 unspecified atom stereocenters. The Bertz CT molecular complexity index is 1440. The van der Waals surface area contributed by atoms with Crippen molar-refractivity contribution >= 4 is 55.4 Å². The van der Waals surface area contributed by atoms with E-state index in [9.17, 15) is 4.57 Å². The van der Waals surface area contributed by atoms with E-state index in [1.54, 1.807) is 0 Å². The first-order valence-corrected chi connectivity index (χ1v) is 11.9. The second-order valence-electron chi connectivity index (χ2n) is 7.76. The molecule has 0 saturated carbocycles. The molecule has 0 spiro atoms. The Morgan fingerprint density at radius 1 is 0.400 bits per heavy atom. The van der Waals surface area contributed by atoms with Gasteiger partial charge < -0.3 is 4.57 Å². The van der Waals surface area contributed by atoms with E-state index in [1.165, 1.54) is 21.5 Å². The van der Waals surface area contributed by atoms with Gasteiger partial charge in [0.05, 0.1) is 0 Å². The third-order valence-corrected chi connectivity index (χ3v) is 9.09. The van der Waals surface area contributed by atoms with Crippen LogP contribution in [0, 0.1) is 0 Å². The summed E-state index contributed by atoms with van der Waals surface area (Å²) in [4.78, 5) is 0. The molecule has 1 nitrogen and oxygen atoms in total. The fourth-order valence-corrected chi connectivity index (χ4v) is 7.36. The van der Waals surface area contributed by atoms with Crippen molar-refractivity contribution in [1.82, 2.24) is 0 Å². The highest BCUT2D eigenvalue weighted by atomic mass is 31.2. The molecule has 30 heavy (non-hydrogen) atoms. The lowest BCUT2D eigenvalue weighted by molar-refractivity contribution is 0.592. The largest absolute Gasteiger partial charge is 0.309 e. The molecule has 0 N–H and O–H groups in total. The minimum absolute atomic E-state index is 0.865. The van der Waals surface area contributed by atoms with Crippen molar-refractivity contribution in [3.8, 4) is 0 Å². The fraction of sp³-hybridized carbons (Fsp3) is 0. The van der Waals surface area contributed by atoms with Gasteiger partial charge in [0.25, 0.3) is 0 Å². The highest BCUT2D eigenvalue weighted by Gasteiger charge is 2.30. The Morgan fingerprint density at radius 3 is 1.33 bits per heavy atom. The van der Waals surface area contributed by atoms with Gasteiger partial charge in [0.2, 0.25) is 0 Å². The molecule has 0 aliphatic heterocycles. The molecule has 0 aliphatic carbocycles. The van der Waals surface area contributed by atoms with Crippen LogP contribution in [-0.2, 0) is 4.57 Å². The standard InChI is InChI=1S/C28H19OP/c29-30(24-10-3-1-4-11-24,25-12-5-2-6-13-25)26-18-22-16-14-20-8-7-9-21-15-17-23(19-26)28(22)27(20)21/h1-19H. The van der Waals surface area contributed by atoms with Crippen LogP contribution in [0.5, 0.6) is 0 Å². The topological polar surface area (TPSA) is 17.1 Å². The molecule has 6 rings (SSSR count). The fourth-order valence-electron chi connectivity index (χ4n) is 4.64. The molecule has 0 fully saturated rings. The summed E-state index contributed by atoms with van der Waals surface area (Å²) in [5.41, 5.74) is 0. The van der Waals surface area contributed by atoms with Gasteiger partial charge in [-0.1, -0.05) is 103 Å². The summed E-state index contributed by atoms with van der Waals surface area (Å²) in [6.07, 6.45) is 0. The van der Waals surface area contributed by atoms with Crippen molar-refractivity contribution in [3.63, 3.8) is 0 Å². The third-order valence-electron chi connectivity index (χ3n) is 6.05. The summed E-state index contributed by atoms with van der Waals surface area (Å²) < 4.78 is 14.8. The summed E-state index contributed by atoms with van der Waals surface area (Å²) >= 11 is 0. The minimum atomic E-state index is -2.99. The Kier molecular flexibility index (Phi) is 3.81. The average molecular weight is 402 g/mol. The normalized spacial score (nSPS) is 12.1. The number of hydrogen-bond acceptors (Lipinski definition) is 1. The van der Waals surface area contributed by atoms with Crippen molar-refractivity contribution in [2.24, 2.45) is 0 Å². The first kappa shape index (κ1) is 17.4. The Hall–Kier alpha value is -3.41. The van der Waals surface area contributed by atoms with Crippen molar-refractivity contribution in [2.45, 2.75) is 0 Å². The van der Waals surface area contributed by atoms with Gasteiger partial charge in [-0.05, 0) is 44.5 Å². The van der Waals surface area contributed by atoms with Crippen LogP contribution >= 0.6 is 7.14 Å². The van der Waals surface area contributed by atoms with Gasteiger partial charge in [-0.15, -0.1) is 0 Å². The maximum absolute atomic E-state index is 14.8. The molecule has 2 heteroatoms. The van der Waals surface area contributed by atoms with E-state index >= 15 is 0 Å². The van der Waals surface area contributed by atoms with Crippen LogP contribution in [0.3, 0.4) is 0 Å². The highest BCUT2D eigenvalue weighted by Crippen LogP contribution is 2.44. The molecule has 0 heterocycles. The quantitative estimate of drug-likeness (QED) is 0.254. The second-order valence-corrected chi connectivity index (χ2v) is 10.5. The summed E-state index contributed by atoms with van der Waals surface area (Å²) in [7, 11) is -2.99. The van der Waals surface area contributed by atoms with Gasteiger partial charge in [0.1, 0.15) is 0 Å². The molecule has 142 valence electrons. The first-order chi connectivity index (χ1) is 14.7. The van der Waals surface area contributed by atoms with Crippen LogP contribution in [0.25, 0.3) is 32.3 Å². The van der Waals surface area contributed by atoms with Gasteiger partial charge in [-0.25, -0.2) is 0 Å². The lowest BCUT2D eigenvalue weighted by Gasteiger charge is -2.21. The minimum Gasteiger partial charge on any atom is -0.309 e. The summed E-state index contributed by atoms with van der Waals surface area (Å²) in [5.74, 6) is 0. The van der Waals surface area contributed by atoms with E-state index in [4.69, 9.17) is 0 Å². The Balaban J connectivity index is 1.72.